The Balaban J connectivity index is 1.57. The van der Waals surface area contributed by atoms with Gasteiger partial charge in [0, 0.05) is 24.1 Å². The molecule has 2 aromatic carbocycles. The molecule has 2 heterocycles. The monoisotopic (exact) mass is 499 g/mol. The number of nitriles is 1. The molecular weight excluding hydrogens is 474 g/mol. The summed E-state index contributed by atoms with van der Waals surface area (Å²) in [7, 11) is 0. The number of amides is 2. The third-order valence-electron chi connectivity index (χ3n) is 6.06. The Morgan fingerprint density at radius 1 is 1.14 bits per heavy atom. The van der Waals surface area contributed by atoms with Crippen LogP contribution in [0.1, 0.15) is 46.1 Å². The molecule has 4 rings (SSSR count). The lowest BCUT2D eigenvalue weighted by Gasteiger charge is -2.17. The Morgan fingerprint density at radius 2 is 1.83 bits per heavy atom. The zero-order chi connectivity index (χ0) is 25.8. The molecule has 1 atom stereocenters. The van der Waals surface area contributed by atoms with Crippen LogP contribution in [0.4, 0.5) is 5.69 Å². The molecule has 8 heteroatoms. The Morgan fingerprint density at radius 3 is 2.47 bits per heavy atom. The molecule has 182 valence electrons. The van der Waals surface area contributed by atoms with Crippen LogP contribution in [0.15, 0.2) is 59.6 Å². The third-order valence-corrected chi connectivity index (χ3v) is 7.23. The molecule has 1 aromatic heterocycles. The quantitative estimate of drug-likeness (QED) is 0.324. The highest BCUT2D eigenvalue weighted by Crippen LogP contribution is 2.36. The van der Waals surface area contributed by atoms with Crippen LogP contribution in [0.25, 0.3) is 0 Å². The molecule has 3 aromatic rings. The Hall–Kier alpha value is -3.96. The molecule has 1 saturated heterocycles. The van der Waals surface area contributed by atoms with E-state index < -0.39 is 5.25 Å². The van der Waals surface area contributed by atoms with E-state index in [1.54, 1.807) is 50.2 Å². The van der Waals surface area contributed by atoms with Gasteiger partial charge >= 0.3 is 0 Å². The molecule has 0 saturated carbocycles. The maximum absolute atomic E-state index is 13.2. The largest absolute Gasteiger partial charge is 0.494 e. The number of aryl methyl sites for hydroxylation is 1. The fourth-order valence-corrected chi connectivity index (χ4v) is 5.39. The van der Waals surface area contributed by atoms with Crippen molar-refractivity contribution in [1.29, 1.82) is 5.26 Å². The fraction of sp³-hybridized carbons (Fsp3) is 0.250. The van der Waals surface area contributed by atoms with Crippen LogP contribution in [-0.4, -0.2) is 34.4 Å². The number of imide groups is 1. The highest BCUT2D eigenvalue weighted by atomic mass is 32.2. The van der Waals surface area contributed by atoms with Gasteiger partial charge in [-0.15, -0.1) is 0 Å². The van der Waals surface area contributed by atoms with E-state index in [2.05, 4.69) is 11.1 Å². The summed E-state index contributed by atoms with van der Waals surface area (Å²) in [6.45, 7) is 5.98. The van der Waals surface area contributed by atoms with Gasteiger partial charge in [0.1, 0.15) is 16.8 Å². The van der Waals surface area contributed by atoms with Gasteiger partial charge in [0.25, 0.3) is 0 Å². The zero-order valence-corrected chi connectivity index (χ0v) is 21.1. The van der Waals surface area contributed by atoms with E-state index in [1.165, 1.54) is 4.90 Å². The van der Waals surface area contributed by atoms with E-state index in [-0.39, 0.29) is 30.4 Å². The second-order valence-electron chi connectivity index (χ2n) is 8.36. The molecule has 0 radical (unpaired) electrons. The van der Waals surface area contributed by atoms with Gasteiger partial charge in [0.15, 0.2) is 5.78 Å². The topological polar surface area (TPSA) is 100 Å². The maximum atomic E-state index is 13.2. The number of ether oxygens (including phenoxy) is 1. The number of Topliss-reactive ketones (excluding diaryl/α,β-unsaturated/α-hetero) is 1. The van der Waals surface area contributed by atoms with E-state index in [9.17, 15) is 19.6 Å². The van der Waals surface area contributed by atoms with E-state index in [0.717, 1.165) is 11.8 Å². The van der Waals surface area contributed by atoms with Crippen molar-refractivity contribution in [2.75, 3.05) is 11.5 Å². The van der Waals surface area contributed by atoms with Crippen molar-refractivity contribution < 1.29 is 19.1 Å². The third kappa shape index (κ3) is 5.02. The number of aromatic nitrogens is 1. The minimum Gasteiger partial charge on any atom is -0.494 e. The van der Waals surface area contributed by atoms with Crippen molar-refractivity contribution in [2.45, 2.75) is 43.9 Å². The van der Waals surface area contributed by atoms with E-state index in [0.29, 0.717) is 51.0 Å². The lowest BCUT2D eigenvalue weighted by molar-refractivity contribution is -0.121. The first kappa shape index (κ1) is 25.1. The first-order chi connectivity index (χ1) is 17.3. The first-order valence-electron chi connectivity index (χ1n) is 11.6. The Bertz CT molecular complexity index is 1360. The summed E-state index contributed by atoms with van der Waals surface area (Å²) in [6.07, 6.45) is 0.135. The average molecular weight is 500 g/mol. The smallest absolute Gasteiger partial charge is 0.247 e. The van der Waals surface area contributed by atoms with E-state index >= 15 is 0 Å². The van der Waals surface area contributed by atoms with Crippen molar-refractivity contribution in [3.05, 3.63) is 82.5 Å². The summed E-state index contributed by atoms with van der Waals surface area (Å²) in [5, 5.41) is 9.59. The van der Waals surface area contributed by atoms with Crippen molar-refractivity contribution in [1.82, 2.24) is 4.98 Å². The lowest BCUT2D eigenvalue weighted by Crippen LogP contribution is -2.31. The second-order valence-corrected chi connectivity index (χ2v) is 9.56. The minimum atomic E-state index is -0.695. The summed E-state index contributed by atoms with van der Waals surface area (Å²) >= 11 is 1.12. The molecule has 1 aliphatic rings. The summed E-state index contributed by atoms with van der Waals surface area (Å²) < 4.78 is 5.43. The van der Waals surface area contributed by atoms with Crippen LogP contribution >= 0.6 is 11.8 Å². The first-order valence-corrected chi connectivity index (χ1v) is 12.5. The summed E-state index contributed by atoms with van der Waals surface area (Å²) in [5.41, 5.74) is 3.39. The number of anilines is 1. The second kappa shape index (κ2) is 10.8. The SMILES string of the molecule is CCOc1ccc(N2C(=O)CC(Sc3nc(C)c(CC(=O)c4ccccc4)c(C)c3C#N)C2=O)cc1. The zero-order valence-electron chi connectivity index (χ0n) is 20.3. The van der Waals surface area contributed by atoms with Crippen LogP contribution < -0.4 is 9.64 Å². The number of benzene rings is 2. The van der Waals surface area contributed by atoms with E-state index in [1.807, 2.05) is 25.1 Å². The standard InChI is InChI=1S/C28H25N3O4S/c1-4-35-21-12-10-20(11-13-21)31-26(33)15-25(28(31)34)36-27-23(16-29)17(2)22(18(3)30-27)14-24(32)19-8-6-5-7-9-19/h5-13,25H,4,14-15H2,1-3H3. The molecule has 0 aliphatic carbocycles. The number of hydrogen-bond acceptors (Lipinski definition) is 7. The molecule has 1 unspecified atom stereocenters. The number of carbonyl (C=O) groups is 3. The predicted molar refractivity (Wildman–Crippen MR) is 137 cm³/mol. The average Bonchev–Trinajstić information content (AvgIpc) is 3.15. The molecule has 2 amide bonds. The molecule has 7 nitrogen and oxygen atoms in total. The minimum absolute atomic E-state index is 0.00952. The van der Waals surface area contributed by atoms with E-state index in [4.69, 9.17) is 4.74 Å². The van der Waals surface area contributed by atoms with Gasteiger partial charge in [-0.05, 0) is 56.2 Å². The number of ketones is 1. The van der Waals surface area contributed by atoms with Crippen molar-refractivity contribution in [2.24, 2.45) is 0 Å². The van der Waals surface area contributed by atoms with Gasteiger partial charge in [0.2, 0.25) is 11.8 Å². The van der Waals surface area contributed by atoms with Crippen LogP contribution in [0.3, 0.4) is 0 Å². The highest BCUT2D eigenvalue weighted by Gasteiger charge is 2.41. The van der Waals surface area contributed by atoms with Crippen LogP contribution in [0.5, 0.6) is 5.75 Å². The number of pyridine rings is 1. The number of rotatable bonds is 8. The summed E-state index contributed by atoms with van der Waals surface area (Å²) in [6, 6.07) is 18.0. The van der Waals surface area contributed by atoms with Gasteiger partial charge in [-0.1, -0.05) is 42.1 Å². The van der Waals surface area contributed by atoms with Gasteiger partial charge in [0.05, 0.1) is 23.1 Å². The van der Waals surface area contributed by atoms with Crippen molar-refractivity contribution in [3.63, 3.8) is 0 Å². The molecule has 0 spiro atoms. The van der Waals surface area contributed by atoms with Gasteiger partial charge in [-0.3, -0.25) is 14.4 Å². The van der Waals surface area contributed by atoms with Gasteiger partial charge in [-0.2, -0.15) is 5.26 Å². The molecule has 0 bridgehead atoms. The maximum Gasteiger partial charge on any atom is 0.247 e. The molecular formula is C28H25N3O4S. The Labute approximate surface area is 214 Å². The summed E-state index contributed by atoms with van der Waals surface area (Å²) in [5.74, 6) is -0.0569. The van der Waals surface area contributed by atoms with Crippen molar-refractivity contribution >= 4 is 35.0 Å². The predicted octanol–water partition coefficient (Wildman–Crippen LogP) is 4.82. The highest BCUT2D eigenvalue weighted by molar-refractivity contribution is 8.00. The molecule has 0 N–H and O–H groups in total. The normalized spacial score (nSPS) is 15.2. The molecule has 36 heavy (non-hydrogen) atoms. The van der Waals surface area contributed by atoms with Crippen molar-refractivity contribution in [3.8, 4) is 11.8 Å². The van der Waals surface area contributed by atoms with Crippen LogP contribution in [-0.2, 0) is 16.0 Å². The lowest BCUT2D eigenvalue weighted by atomic mass is 9.96. The van der Waals surface area contributed by atoms with Crippen LogP contribution in [0.2, 0.25) is 0 Å². The summed E-state index contributed by atoms with van der Waals surface area (Å²) in [4.78, 5) is 44.4. The van der Waals surface area contributed by atoms with Gasteiger partial charge < -0.3 is 4.74 Å². The molecule has 1 fully saturated rings. The van der Waals surface area contributed by atoms with Gasteiger partial charge in [-0.25, -0.2) is 9.88 Å². The fourth-order valence-electron chi connectivity index (χ4n) is 4.18. The Kier molecular flexibility index (Phi) is 7.51. The van der Waals surface area contributed by atoms with Crippen LogP contribution in [0, 0.1) is 25.2 Å². The number of thioether (sulfide) groups is 1. The molecule has 1 aliphatic heterocycles. The number of nitrogens with zero attached hydrogens (tertiary/aromatic N) is 3. The number of carbonyl (C=O) groups excluding carboxylic acids is 3. The number of hydrogen-bond donors (Lipinski definition) is 0.